The molecule has 0 saturated heterocycles. The van der Waals surface area contributed by atoms with Gasteiger partial charge in [0.05, 0.1) is 33.7 Å². The molecule has 1 amide bonds. The summed E-state index contributed by atoms with van der Waals surface area (Å²) in [5, 5.41) is 3.05. The summed E-state index contributed by atoms with van der Waals surface area (Å²) in [5.74, 6) is -0.175. The number of nitrogens with one attached hydrogen (secondary N) is 1. The van der Waals surface area contributed by atoms with Crippen LogP contribution in [-0.2, 0) is 24.7 Å². The van der Waals surface area contributed by atoms with Crippen LogP contribution in [0.4, 0.5) is 5.69 Å². The predicted molar refractivity (Wildman–Crippen MR) is 140 cm³/mol. The Morgan fingerprint density at radius 3 is 2.14 bits per heavy atom. The Morgan fingerprint density at radius 2 is 1.61 bits per heavy atom. The quantitative estimate of drug-likeness (QED) is 0.405. The summed E-state index contributed by atoms with van der Waals surface area (Å²) in [6.45, 7) is 1.36. The standard InChI is InChI=1S/C25H27ClN2O6S2/c1-4-23(18-10-13-20(14-11-18)35(3,30)31)27-25(29)17-28(19-12-15-24(34-2)22(26)16-19)36(32,33)21-8-6-5-7-9-21/h5-16,23H,4,17H2,1-3H3,(H,27,29). The van der Waals surface area contributed by atoms with Crippen molar-refractivity contribution < 1.29 is 26.4 Å². The Hall–Kier alpha value is -3.08. The van der Waals surface area contributed by atoms with Gasteiger partial charge in [-0.3, -0.25) is 9.10 Å². The van der Waals surface area contributed by atoms with Crippen LogP contribution < -0.4 is 14.4 Å². The molecule has 0 radical (unpaired) electrons. The maximum Gasteiger partial charge on any atom is 0.264 e. The summed E-state index contributed by atoms with van der Waals surface area (Å²) in [6, 6.07) is 18.0. The SMILES string of the molecule is CCC(NC(=O)CN(c1ccc(OC)c(Cl)c1)S(=O)(=O)c1ccccc1)c1ccc(S(C)(=O)=O)cc1. The second-order valence-corrected chi connectivity index (χ2v) is 12.3. The lowest BCUT2D eigenvalue weighted by molar-refractivity contribution is -0.120. The summed E-state index contributed by atoms with van der Waals surface area (Å²) >= 11 is 6.25. The third-order valence-corrected chi connectivity index (χ3v) is 8.71. The first-order valence-electron chi connectivity index (χ1n) is 11.0. The fourth-order valence-electron chi connectivity index (χ4n) is 3.58. The van der Waals surface area contributed by atoms with Crippen molar-refractivity contribution >= 4 is 43.1 Å². The summed E-state index contributed by atoms with van der Waals surface area (Å²) in [4.78, 5) is 13.3. The molecule has 8 nitrogen and oxygen atoms in total. The number of hydrogen-bond acceptors (Lipinski definition) is 6. The van der Waals surface area contributed by atoms with Gasteiger partial charge in [0, 0.05) is 6.26 Å². The zero-order chi connectivity index (χ0) is 26.5. The van der Waals surface area contributed by atoms with E-state index >= 15 is 0 Å². The fraction of sp³-hybridized carbons (Fsp3) is 0.240. The summed E-state index contributed by atoms with van der Waals surface area (Å²) < 4.78 is 56.6. The molecule has 0 saturated carbocycles. The van der Waals surface area contributed by atoms with E-state index in [1.807, 2.05) is 6.92 Å². The number of anilines is 1. The van der Waals surface area contributed by atoms with E-state index in [1.165, 1.54) is 49.6 Å². The molecule has 3 aromatic rings. The average molecular weight is 551 g/mol. The highest BCUT2D eigenvalue weighted by Gasteiger charge is 2.28. The van der Waals surface area contributed by atoms with Gasteiger partial charge in [-0.25, -0.2) is 16.8 Å². The molecule has 0 heterocycles. The predicted octanol–water partition coefficient (Wildman–Crippen LogP) is 4.21. The molecule has 0 aromatic heterocycles. The molecule has 36 heavy (non-hydrogen) atoms. The number of hydrogen-bond donors (Lipinski definition) is 1. The lowest BCUT2D eigenvalue weighted by Crippen LogP contribution is -2.42. The van der Waals surface area contributed by atoms with Crippen LogP contribution in [-0.4, -0.2) is 42.7 Å². The van der Waals surface area contributed by atoms with E-state index < -0.39 is 38.4 Å². The zero-order valence-corrected chi connectivity index (χ0v) is 22.4. The highest BCUT2D eigenvalue weighted by Crippen LogP contribution is 2.32. The maximum atomic E-state index is 13.5. The van der Waals surface area contributed by atoms with E-state index in [9.17, 15) is 21.6 Å². The highest BCUT2D eigenvalue weighted by atomic mass is 35.5. The smallest absolute Gasteiger partial charge is 0.264 e. The van der Waals surface area contributed by atoms with Gasteiger partial charge in [-0.1, -0.05) is 48.9 Å². The Balaban J connectivity index is 1.91. The van der Waals surface area contributed by atoms with Crippen LogP contribution in [0.2, 0.25) is 5.02 Å². The Labute approximate surface area is 216 Å². The first kappa shape index (κ1) is 27.5. The molecule has 1 atom stereocenters. The van der Waals surface area contributed by atoms with Gasteiger partial charge in [0.1, 0.15) is 12.3 Å². The van der Waals surface area contributed by atoms with Gasteiger partial charge < -0.3 is 10.1 Å². The van der Waals surface area contributed by atoms with E-state index in [4.69, 9.17) is 16.3 Å². The second kappa shape index (κ2) is 11.3. The van der Waals surface area contributed by atoms with Crippen molar-refractivity contribution in [2.75, 3.05) is 24.2 Å². The van der Waals surface area contributed by atoms with E-state index in [-0.39, 0.29) is 20.5 Å². The molecule has 0 spiro atoms. The van der Waals surface area contributed by atoms with E-state index in [0.717, 1.165) is 10.6 Å². The number of sulfonamides is 1. The first-order valence-corrected chi connectivity index (χ1v) is 14.7. The average Bonchev–Trinajstić information content (AvgIpc) is 2.85. The normalized spacial score (nSPS) is 12.6. The number of carbonyl (C=O) groups excluding carboxylic acids is 1. The topological polar surface area (TPSA) is 110 Å². The fourth-order valence-corrected chi connectivity index (χ4v) is 5.90. The number of carbonyl (C=O) groups is 1. The highest BCUT2D eigenvalue weighted by molar-refractivity contribution is 7.93. The summed E-state index contributed by atoms with van der Waals surface area (Å²) in [7, 11) is -6.02. The van der Waals surface area contributed by atoms with Crippen LogP contribution in [0.3, 0.4) is 0 Å². The van der Waals surface area contributed by atoms with Crippen LogP contribution in [0.15, 0.2) is 82.6 Å². The van der Waals surface area contributed by atoms with Crippen molar-refractivity contribution in [2.45, 2.75) is 29.2 Å². The molecule has 0 fully saturated rings. The molecule has 3 aromatic carbocycles. The number of rotatable bonds is 10. The number of amides is 1. The molecule has 0 aliphatic carbocycles. The Kier molecular flexibility index (Phi) is 8.65. The second-order valence-electron chi connectivity index (χ2n) is 8.01. The molecule has 1 unspecified atom stereocenters. The van der Waals surface area contributed by atoms with E-state index in [2.05, 4.69) is 5.32 Å². The van der Waals surface area contributed by atoms with Crippen LogP contribution in [0, 0.1) is 0 Å². The van der Waals surface area contributed by atoms with Crippen LogP contribution in [0.5, 0.6) is 5.75 Å². The minimum absolute atomic E-state index is 0.0214. The van der Waals surface area contributed by atoms with E-state index in [0.29, 0.717) is 17.7 Å². The van der Waals surface area contributed by atoms with E-state index in [1.54, 1.807) is 30.3 Å². The van der Waals surface area contributed by atoms with Gasteiger partial charge in [-0.05, 0) is 54.4 Å². The molecular formula is C25H27ClN2O6S2. The van der Waals surface area contributed by atoms with Gasteiger partial charge in [0.15, 0.2) is 9.84 Å². The van der Waals surface area contributed by atoms with Crippen LogP contribution in [0.25, 0.3) is 0 Å². The molecule has 3 rings (SSSR count). The van der Waals surface area contributed by atoms with Crippen molar-refractivity contribution in [3.8, 4) is 5.75 Å². The lowest BCUT2D eigenvalue weighted by Gasteiger charge is -2.26. The molecule has 0 bridgehead atoms. The number of sulfone groups is 1. The van der Waals surface area contributed by atoms with Gasteiger partial charge in [0.2, 0.25) is 5.91 Å². The van der Waals surface area contributed by atoms with Crippen molar-refractivity contribution in [2.24, 2.45) is 0 Å². The molecule has 11 heteroatoms. The van der Waals surface area contributed by atoms with Crippen molar-refractivity contribution in [1.29, 1.82) is 0 Å². The molecule has 0 aliphatic heterocycles. The number of benzene rings is 3. The third-order valence-electron chi connectivity index (χ3n) is 5.50. The van der Waals surface area contributed by atoms with Gasteiger partial charge in [-0.2, -0.15) is 0 Å². The largest absolute Gasteiger partial charge is 0.495 e. The molecule has 1 N–H and O–H groups in total. The lowest BCUT2D eigenvalue weighted by atomic mass is 10.0. The number of halogens is 1. The van der Waals surface area contributed by atoms with Gasteiger partial charge >= 0.3 is 0 Å². The Bertz CT molecular complexity index is 1430. The minimum Gasteiger partial charge on any atom is -0.495 e. The van der Waals surface area contributed by atoms with Crippen molar-refractivity contribution in [3.63, 3.8) is 0 Å². The summed E-state index contributed by atoms with van der Waals surface area (Å²) in [6.07, 6.45) is 1.62. The molecular weight excluding hydrogens is 524 g/mol. The maximum absolute atomic E-state index is 13.5. The van der Waals surface area contributed by atoms with Crippen LogP contribution in [0.1, 0.15) is 24.9 Å². The van der Waals surface area contributed by atoms with Crippen LogP contribution >= 0.6 is 11.6 Å². The van der Waals surface area contributed by atoms with Gasteiger partial charge in [-0.15, -0.1) is 0 Å². The number of ether oxygens (including phenoxy) is 1. The molecule has 192 valence electrons. The monoisotopic (exact) mass is 550 g/mol. The minimum atomic E-state index is -4.11. The van der Waals surface area contributed by atoms with Crippen molar-refractivity contribution in [3.05, 3.63) is 83.4 Å². The zero-order valence-electron chi connectivity index (χ0n) is 20.0. The summed E-state index contributed by atoms with van der Waals surface area (Å²) in [5.41, 5.74) is 0.897. The van der Waals surface area contributed by atoms with Gasteiger partial charge in [0.25, 0.3) is 10.0 Å². The van der Waals surface area contributed by atoms with Crippen molar-refractivity contribution in [1.82, 2.24) is 5.32 Å². The number of nitrogens with zero attached hydrogens (tertiary/aromatic N) is 1. The third kappa shape index (κ3) is 6.37. The molecule has 0 aliphatic rings. The number of methoxy groups -OCH3 is 1. The Morgan fingerprint density at radius 1 is 0.972 bits per heavy atom. The first-order chi connectivity index (χ1) is 17.0.